The maximum absolute atomic E-state index is 13.2. The van der Waals surface area contributed by atoms with E-state index >= 15 is 0 Å². The summed E-state index contributed by atoms with van der Waals surface area (Å²) in [6.07, 6.45) is 0. The van der Waals surface area contributed by atoms with Crippen molar-refractivity contribution in [3.63, 3.8) is 0 Å². The van der Waals surface area contributed by atoms with Gasteiger partial charge in [0.15, 0.2) is 0 Å². The first-order chi connectivity index (χ1) is 8.80. The molecule has 0 bridgehead atoms. The topological polar surface area (TPSA) is 46.6 Å². The van der Waals surface area contributed by atoms with Gasteiger partial charge < -0.3 is 4.74 Å². The minimum atomic E-state index is -3.61. The number of halogens is 1. The Morgan fingerprint density at radius 2 is 1.79 bits per heavy atom. The standard InChI is InChI=1S/C13H20FNO3S/c1-5-18-7-6-15(4)19(16,17)13-10(2)8-12(14)9-11(13)3/h8-9H,5-7H2,1-4H3. The molecular weight excluding hydrogens is 269 g/mol. The number of nitrogens with zero attached hydrogens (tertiary/aromatic N) is 1. The van der Waals surface area contributed by atoms with E-state index in [-0.39, 0.29) is 11.4 Å². The third-order valence-corrected chi connectivity index (χ3v) is 5.01. The van der Waals surface area contributed by atoms with Crippen LogP contribution in [0.3, 0.4) is 0 Å². The Balaban J connectivity index is 3.07. The number of rotatable bonds is 6. The van der Waals surface area contributed by atoms with Gasteiger partial charge in [-0.25, -0.2) is 12.8 Å². The van der Waals surface area contributed by atoms with Gasteiger partial charge in [-0.05, 0) is 44.0 Å². The second kappa shape index (κ2) is 6.45. The summed E-state index contributed by atoms with van der Waals surface area (Å²) in [5, 5.41) is 0. The first-order valence-corrected chi connectivity index (χ1v) is 7.55. The molecule has 0 amide bonds. The molecule has 0 saturated heterocycles. The smallest absolute Gasteiger partial charge is 0.243 e. The number of aryl methyl sites for hydroxylation is 2. The average Bonchev–Trinajstić information content (AvgIpc) is 2.27. The minimum absolute atomic E-state index is 0.174. The molecule has 0 saturated carbocycles. The Kier molecular flexibility index (Phi) is 5.46. The summed E-state index contributed by atoms with van der Waals surface area (Å²) in [5.74, 6) is -0.425. The predicted octanol–water partition coefficient (Wildman–Crippen LogP) is 2.10. The van der Waals surface area contributed by atoms with Crippen molar-refractivity contribution >= 4 is 10.0 Å². The maximum Gasteiger partial charge on any atom is 0.243 e. The number of benzene rings is 1. The van der Waals surface area contributed by atoms with Gasteiger partial charge in [-0.1, -0.05) is 0 Å². The number of ether oxygens (including phenoxy) is 1. The zero-order valence-corrected chi connectivity index (χ0v) is 12.6. The maximum atomic E-state index is 13.2. The molecule has 0 aliphatic rings. The van der Waals surface area contributed by atoms with Crippen LogP contribution in [0.1, 0.15) is 18.1 Å². The summed E-state index contributed by atoms with van der Waals surface area (Å²) in [7, 11) is -2.11. The molecule has 0 aromatic heterocycles. The number of hydrogen-bond donors (Lipinski definition) is 0. The molecule has 0 radical (unpaired) electrons. The lowest BCUT2D eigenvalue weighted by molar-refractivity contribution is 0.138. The SMILES string of the molecule is CCOCCN(C)S(=O)(=O)c1c(C)cc(F)cc1C. The molecule has 108 valence electrons. The van der Waals surface area contributed by atoms with Crippen LogP contribution >= 0.6 is 0 Å². The molecule has 1 aromatic carbocycles. The van der Waals surface area contributed by atoms with Crippen LogP contribution in [0.5, 0.6) is 0 Å². The van der Waals surface area contributed by atoms with E-state index in [2.05, 4.69) is 0 Å². The van der Waals surface area contributed by atoms with Crippen molar-refractivity contribution in [3.8, 4) is 0 Å². The highest BCUT2D eigenvalue weighted by Crippen LogP contribution is 2.24. The third kappa shape index (κ3) is 3.75. The zero-order chi connectivity index (χ0) is 14.6. The third-order valence-electron chi connectivity index (χ3n) is 2.85. The summed E-state index contributed by atoms with van der Waals surface area (Å²) in [6, 6.07) is 2.46. The van der Waals surface area contributed by atoms with E-state index in [1.165, 1.54) is 23.5 Å². The molecule has 0 unspecified atom stereocenters. The largest absolute Gasteiger partial charge is 0.380 e. The molecule has 0 aliphatic carbocycles. The second-order valence-corrected chi connectivity index (χ2v) is 6.37. The molecule has 19 heavy (non-hydrogen) atoms. The van der Waals surface area contributed by atoms with Crippen LogP contribution in [0.15, 0.2) is 17.0 Å². The summed E-state index contributed by atoms with van der Waals surface area (Å²) in [6.45, 7) is 6.20. The van der Waals surface area contributed by atoms with Crippen LogP contribution in [0, 0.1) is 19.7 Å². The molecule has 1 aromatic rings. The first-order valence-electron chi connectivity index (χ1n) is 6.11. The fourth-order valence-electron chi connectivity index (χ4n) is 1.92. The lowest BCUT2D eigenvalue weighted by Crippen LogP contribution is -2.31. The highest BCUT2D eigenvalue weighted by atomic mass is 32.2. The molecule has 1 rings (SSSR count). The van der Waals surface area contributed by atoms with Gasteiger partial charge in [0.1, 0.15) is 5.82 Å². The van der Waals surface area contributed by atoms with E-state index in [9.17, 15) is 12.8 Å². The van der Waals surface area contributed by atoms with Crippen LogP contribution in [-0.2, 0) is 14.8 Å². The Labute approximate surface area is 114 Å². The van der Waals surface area contributed by atoms with Gasteiger partial charge in [0, 0.05) is 20.2 Å². The Morgan fingerprint density at radius 1 is 1.26 bits per heavy atom. The fraction of sp³-hybridized carbons (Fsp3) is 0.538. The van der Waals surface area contributed by atoms with Crippen molar-refractivity contribution in [2.75, 3.05) is 26.8 Å². The molecule has 0 fully saturated rings. The van der Waals surface area contributed by atoms with Crippen molar-refractivity contribution in [1.82, 2.24) is 4.31 Å². The summed E-state index contributed by atoms with van der Waals surface area (Å²) < 4.78 is 44.5. The zero-order valence-electron chi connectivity index (χ0n) is 11.7. The van der Waals surface area contributed by atoms with Crippen molar-refractivity contribution < 1.29 is 17.5 Å². The Morgan fingerprint density at radius 3 is 2.26 bits per heavy atom. The van der Waals surface area contributed by atoms with Gasteiger partial charge in [0.05, 0.1) is 11.5 Å². The van der Waals surface area contributed by atoms with E-state index in [0.29, 0.717) is 24.3 Å². The van der Waals surface area contributed by atoms with Crippen molar-refractivity contribution in [1.29, 1.82) is 0 Å². The summed E-state index contributed by atoms with van der Waals surface area (Å²) in [5.41, 5.74) is 0.835. The van der Waals surface area contributed by atoms with Gasteiger partial charge in [-0.3, -0.25) is 0 Å². The molecule has 0 heterocycles. The average molecular weight is 289 g/mol. The van der Waals surface area contributed by atoms with Crippen LogP contribution < -0.4 is 0 Å². The van der Waals surface area contributed by atoms with Gasteiger partial charge in [-0.2, -0.15) is 4.31 Å². The van der Waals surface area contributed by atoms with Crippen LogP contribution in [-0.4, -0.2) is 39.5 Å². The molecule has 0 N–H and O–H groups in total. The van der Waals surface area contributed by atoms with Gasteiger partial charge in [-0.15, -0.1) is 0 Å². The van der Waals surface area contributed by atoms with Crippen molar-refractivity contribution in [2.45, 2.75) is 25.7 Å². The quantitative estimate of drug-likeness (QED) is 0.753. The molecule has 0 aliphatic heterocycles. The van der Waals surface area contributed by atoms with Crippen molar-refractivity contribution in [3.05, 3.63) is 29.1 Å². The van der Waals surface area contributed by atoms with Gasteiger partial charge in [0.2, 0.25) is 10.0 Å². The lowest BCUT2D eigenvalue weighted by atomic mass is 10.1. The monoisotopic (exact) mass is 289 g/mol. The lowest BCUT2D eigenvalue weighted by Gasteiger charge is -2.20. The van der Waals surface area contributed by atoms with E-state index in [0.717, 1.165) is 0 Å². The number of hydrogen-bond acceptors (Lipinski definition) is 3. The van der Waals surface area contributed by atoms with Gasteiger partial charge >= 0.3 is 0 Å². The summed E-state index contributed by atoms with van der Waals surface area (Å²) >= 11 is 0. The highest BCUT2D eigenvalue weighted by Gasteiger charge is 2.25. The number of sulfonamides is 1. The van der Waals surface area contributed by atoms with Crippen molar-refractivity contribution in [2.24, 2.45) is 0 Å². The minimum Gasteiger partial charge on any atom is -0.380 e. The molecule has 0 atom stereocenters. The second-order valence-electron chi connectivity index (χ2n) is 4.39. The Bertz CT molecular complexity index is 520. The first kappa shape index (κ1) is 16.1. The van der Waals surface area contributed by atoms with Crippen LogP contribution in [0.4, 0.5) is 4.39 Å². The van der Waals surface area contributed by atoms with Crippen LogP contribution in [0.2, 0.25) is 0 Å². The van der Waals surface area contributed by atoms with E-state index in [4.69, 9.17) is 4.74 Å². The Hall–Kier alpha value is -0.980. The predicted molar refractivity (Wildman–Crippen MR) is 72.2 cm³/mol. The van der Waals surface area contributed by atoms with Crippen LogP contribution in [0.25, 0.3) is 0 Å². The molecule has 6 heteroatoms. The van der Waals surface area contributed by atoms with E-state index in [1.807, 2.05) is 6.92 Å². The highest BCUT2D eigenvalue weighted by molar-refractivity contribution is 7.89. The normalized spacial score (nSPS) is 12.1. The molecule has 0 spiro atoms. The number of likely N-dealkylation sites (N-methyl/N-ethyl adjacent to an activating group) is 1. The molecule has 4 nitrogen and oxygen atoms in total. The summed E-state index contributed by atoms with van der Waals surface area (Å²) in [4.78, 5) is 0.174. The van der Waals surface area contributed by atoms with E-state index in [1.54, 1.807) is 13.8 Å². The van der Waals surface area contributed by atoms with Gasteiger partial charge in [0.25, 0.3) is 0 Å². The van der Waals surface area contributed by atoms with E-state index < -0.39 is 15.8 Å². The fourth-order valence-corrected chi connectivity index (χ4v) is 3.48. The molecular formula is C13H20FNO3S.